The fraction of sp³-hybridized carbons (Fsp3) is 0.867. The molecule has 0 radical (unpaired) electrons. The highest BCUT2D eigenvalue weighted by Gasteiger charge is 2.44. The van der Waals surface area contributed by atoms with E-state index in [2.05, 4.69) is 0 Å². The minimum atomic E-state index is -0.771. The van der Waals surface area contributed by atoms with E-state index in [1.165, 1.54) is 0 Å². The van der Waals surface area contributed by atoms with Crippen molar-refractivity contribution in [3.8, 4) is 0 Å². The molecule has 5 nitrogen and oxygen atoms in total. The van der Waals surface area contributed by atoms with Gasteiger partial charge in [0.05, 0.1) is 17.4 Å². The summed E-state index contributed by atoms with van der Waals surface area (Å²) < 4.78 is 5.59. The summed E-state index contributed by atoms with van der Waals surface area (Å²) in [5.41, 5.74) is -0.755. The second-order valence-corrected chi connectivity index (χ2v) is 6.02. The Morgan fingerprint density at radius 3 is 2.75 bits per heavy atom. The molecule has 2 rings (SSSR count). The third-order valence-corrected chi connectivity index (χ3v) is 4.95. The van der Waals surface area contributed by atoms with Gasteiger partial charge < -0.3 is 14.7 Å². The molecule has 2 aliphatic rings. The number of carboxylic acid groups (broad SMARTS) is 1. The van der Waals surface area contributed by atoms with Crippen LogP contribution in [0.1, 0.15) is 46.0 Å². The van der Waals surface area contributed by atoms with Crippen molar-refractivity contribution >= 4 is 11.9 Å². The van der Waals surface area contributed by atoms with Crippen molar-refractivity contribution in [2.45, 2.75) is 52.1 Å². The van der Waals surface area contributed by atoms with Crippen LogP contribution in [0.2, 0.25) is 0 Å². The third-order valence-electron chi connectivity index (χ3n) is 4.95. The first-order valence-electron chi connectivity index (χ1n) is 7.68. The van der Waals surface area contributed by atoms with Crippen LogP contribution in [-0.2, 0) is 14.3 Å². The molecule has 5 heteroatoms. The van der Waals surface area contributed by atoms with Crippen molar-refractivity contribution < 1.29 is 19.4 Å². The minimum Gasteiger partial charge on any atom is -0.481 e. The lowest BCUT2D eigenvalue weighted by Crippen LogP contribution is -2.51. The standard InChI is InChI=1S/C15H25NO4/c1-3-12-11(6-9-20-12)13(17)16-8-5-7-15(4-2,10-16)14(18)19/h11-12H,3-10H2,1-2H3,(H,18,19). The summed E-state index contributed by atoms with van der Waals surface area (Å²) in [6, 6.07) is 0. The Bertz CT molecular complexity index is 384. The summed E-state index contributed by atoms with van der Waals surface area (Å²) in [6.07, 6.45) is 3.62. The van der Waals surface area contributed by atoms with E-state index in [0.717, 1.165) is 19.3 Å². The Morgan fingerprint density at radius 1 is 1.40 bits per heavy atom. The molecule has 2 fully saturated rings. The van der Waals surface area contributed by atoms with E-state index >= 15 is 0 Å². The smallest absolute Gasteiger partial charge is 0.311 e. The van der Waals surface area contributed by atoms with Crippen molar-refractivity contribution in [1.29, 1.82) is 0 Å². The molecule has 0 aromatic rings. The lowest BCUT2D eigenvalue weighted by molar-refractivity contribution is -0.156. The lowest BCUT2D eigenvalue weighted by atomic mass is 9.77. The fourth-order valence-electron chi connectivity index (χ4n) is 3.50. The fourth-order valence-corrected chi connectivity index (χ4v) is 3.50. The van der Waals surface area contributed by atoms with Crippen LogP contribution in [-0.4, -0.2) is 47.7 Å². The molecular formula is C15H25NO4. The molecule has 0 aliphatic carbocycles. The number of ether oxygens (including phenoxy) is 1. The topological polar surface area (TPSA) is 66.8 Å². The molecule has 2 aliphatic heterocycles. The van der Waals surface area contributed by atoms with Gasteiger partial charge in [0.1, 0.15) is 0 Å². The quantitative estimate of drug-likeness (QED) is 0.855. The largest absolute Gasteiger partial charge is 0.481 e. The lowest BCUT2D eigenvalue weighted by Gasteiger charge is -2.40. The van der Waals surface area contributed by atoms with Crippen molar-refractivity contribution in [3.05, 3.63) is 0 Å². The molecule has 3 atom stereocenters. The van der Waals surface area contributed by atoms with Crippen LogP contribution in [0, 0.1) is 11.3 Å². The van der Waals surface area contributed by atoms with Gasteiger partial charge in [-0.2, -0.15) is 0 Å². The Balaban J connectivity index is 2.08. The molecule has 0 spiro atoms. The van der Waals surface area contributed by atoms with E-state index < -0.39 is 11.4 Å². The number of likely N-dealkylation sites (tertiary alicyclic amines) is 1. The maximum absolute atomic E-state index is 12.6. The summed E-state index contributed by atoms with van der Waals surface area (Å²) in [6.45, 7) is 5.60. The third kappa shape index (κ3) is 2.68. The first kappa shape index (κ1) is 15.3. The van der Waals surface area contributed by atoms with E-state index in [-0.39, 0.29) is 17.9 Å². The Kier molecular flexibility index (Phi) is 4.68. The molecule has 1 N–H and O–H groups in total. The Hall–Kier alpha value is -1.10. The van der Waals surface area contributed by atoms with Crippen LogP contribution in [0.15, 0.2) is 0 Å². The molecule has 2 heterocycles. The van der Waals surface area contributed by atoms with Gasteiger partial charge >= 0.3 is 5.97 Å². The van der Waals surface area contributed by atoms with Gasteiger partial charge in [0.15, 0.2) is 0 Å². The molecule has 0 bridgehead atoms. The van der Waals surface area contributed by atoms with Crippen molar-refractivity contribution in [2.75, 3.05) is 19.7 Å². The van der Waals surface area contributed by atoms with Crippen LogP contribution in [0.3, 0.4) is 0 Å². The zero-order valence-electron chi connectivity index (χ0n) is 12.4. The van der Waals surface area contributed by atoms with Crippen molar-refractivity contribution in [2.24, 2.45) is 11.3 Å². The zero-order chi connectivity index (χ0) is 14.8. The Morgan fingerprint density at radius 2 is 2.15 bits per heavy atom. The molecule has 0 saturated carbocycles. The SMILES string of the molecule is CCC1OCCC1C(=O)N1CCCC(CC)(C(=O)O)C1. The highest BCUT2D eigenvalue weighted by molar-refractivity contribution is 5.82. The molecule has 20 heavy (non-hydrogen) atoms. The molecule has 0 aromatic carbocycles. The number of carboxylic acids is 1. The van der Waals surface area contributed by atoms with Crippen LogP contribution in [0.5, 0.6) is 0 Å². The van der Waals surface area contributed by atoms with Gasteiger partial charge in [-0.15, -0.1) is 0 Å². The zero-order valence-corrected chi connectivity index (χ0v) is 12.4. The summed E-state index contributed by atoms with van der Waals surface area (Å²) >= 11 is 0. The summed E-state index contributed by atoms with van der Waals surface area (Å²) in [5, 5.41) is 9.49. The highest BCUT2D eigenvalue weighted by Crippen LogP contribution is 2.35. The monoisotopic (exact) mass is 283 g/mol. The second kappa shape index (κ2) is 6.12. The molecule has 3 unspecified atom stereocenters. The van der Waals surface area contributed by atoms with E-state index in [9.17, 15) is 14.7 Å². The maximum Gasteiger partial charge on any atom is 0.311 e. The van der Waals surface area contributed by atoms with E-state index in [4.69, 9.17) is 4.74 Å². The van der Waals surface area contributed by atoms with Crippen LogP contribution in [0.4, 0.5) is 0 Å². The number of aliphatic carboxylic acids is 1. The van der Waals surface area contributed by atoms with Crippen molar-refractivity contribution in [1.82, 2.24) is 4.90 Å². The van der Waals surface area contributed by atoms with Crippen LogP contribution >= 0.6 is 0 Å². The first-order chi connectivity index (χ1) is 9.54. The summed E-state index contributed by atoms with van der Waals surface area (Å²) in [7, 11) is 0. The van der Waals surface area contributed by atoms with Crippen LogP contribution < -0.4 is 0 Å². The van der Waals surface area contributed by atoms with Gasteiger partial charge in [-0.3, -0.25) is 9.59 Å². The van der Waals surface area contributed by atoms with Gasteiger partial charge in [0, 0.05) is 19.7 Å². The summed E-state index contributed by atoms with van der Waals surface area (Å²) in [5.74, 6) is -0.762. The van der Waals surface area contributed by atoms with Gasteiger partial charge in [0.25, 0.3) is 0 Å². The number of carbonyl (C=O) groups excluding carboxylic acids is 1. The number of amides is 1. The van der Waals surface area contributed by atoms with Gasteiger partial charge in [-0.1, -0.05) is 13.8 Å². The van der Waals surface area contributed by atoms with Gasteiger partial charge in [-0.05, 0) is 32.1 Å². The minimum absolute atomic E-state index is 0.00489. The van der Waals surface area contributed by atoms with E-state index in [0.29, 0.717) is 32.5 Å². The highest BCUT2D eigenvalue weighted by atomic mass is 16.5. The molecule has 1 amide bonds. The number of carbonyl (C=O) groups is 2. The van der Waals surface area contributed by atoms with E-state index in [1.807, 2.05) is 13.8 Å². The molecular weight excluding hydrogens is 258 g/mol. The number of hydrogen-bond acceptors (Lipinski definition) is 3. The average Bonchev–Trinajstić information content (AvgIpc) is 2.94. The van der Waals surface area contributed by atoms with Gasteiger partial charge in [-0.25, -0.2) is 0 Å². The summed E-state index contributed by atoms with van der Waals surface area (Å²) in [4.78, 5) is 26.0. The maximum atomic E-state index is 12.6. The predicted molar refractivity (Wildman–Crippen MR) is 74.3 cm³/mol. The second-order valence-electron chi connectivity index (χ2n) is 6.02. The Labute approximate surface area is 120 Å². The molecule has 0 aromatic heterocycles. The average molecular weight is 283 g/mol. The van der Waals surface area contributed by atoms with E-state index in [1.54, 1.807) is 4.90 Å². The molecule has 2 saturated heterocycles. The normalized spacial score (nSPS) is 34.2. The number of nitrogens with zero attached hydrogens (tertiary/aromatic N) is 1. The number of rotatable bonds is 4. The number of piperidine rings is 1. The number of hydrogen-bond donors (Lipinski definition) is 1. The first-order valence-corrected chi connectivity index (χ1v) is 7.68. The predicted octanol–water partition coefficient (Wildman–Crippen LogP) is 1.90. The van der Waals surface area contributed by atoms with Gasteiger partial charge in [0.2, 0.25) is 5.91 Å². The van der Waals surface area contributed by atoms with Crippen LogP contribution in [0.25, 0.3) is 0 Å². The molecule has 114 valence electrons. The van der Waals surface area contributed by atoms with Crippen molar-refractivity contribution in [3.63, 3.8) is 0 Å².